The van der Waals surface area contributed by atoms with E-state index in [9.17, 15) is 9.59 Å². The van der Waals surface area contributed by atoms with E-state index in [1.807, 2.05) is 0 Å². The molecule has 0 fully saturated rings. The van der Waals surface area contributed by atoms with E-state index in [0.717, 1.165) is 0 Å². The first-order valence-electron chi connectivity index (χ1n) is 4.62. The van der Waals surface area contributed by atoms with Gasteiger partial charge < -0.3 is 5.73 Å². The lowest BCUT2D eigenvalue weighted by Crippen LogP contribution is -2.29. The zero-order valence-corrected chi connectivity index (χ0v) is 11.6. The molecule has 2 amide bonds. The normalized spacial score (nSPS) is 14.6. The molecule has 0 unspecified atom stereocenters. The second-order valence-corrected chi connectivity index (χ2v) is 5.07. The molecule has 0 radical (unpaired) electrons. The van der Waals surface area contributed by atoms with Gasteiger partial charge in [0.25, 0.3) is 11.8 Å². The molecule has 1 heterocycles. The number of rotatable bonds is 1. The van der Waals surface area contributed by atoms with Crippen LogP contribution < -0.4 is 5.73 Å². The van der Waals surface area contributed by atoms with Gasteiger partial charge in [-0.2, -0.15) is 0 Å². The number of fused-ring (bicyclic) bond motifs is 1. The minimum absolute atomic E-state index is 0.285. The number of hydrogen-bond donors (Lipinski definition) is 1. The maximum absolute atomic E-state index is 11.9. The van der Waals surface area contributed by atoms with Crippen LogP contribution >= 0.6 is 31.9 Å². The number of benzene rings is 1. The summed E-state index contributed by atoms with van der Waals surface area (Å²) < 4.78 is 1.19. The zero-order valence-electron chi connectivity index (χ0n) is 8.38. The number of nitrogens with two attached hydrogens (primary N) is 1. The molecule has 1 aromatic carbocycles. The molecule has 16 heavy (non-hydrogen) atoms. The van der Waals surface area contributed by atoms with Gasteiger partial charge in [-0.05, 0) is 44.8 Å². The van der Waals surface area contributed by atoms with E-state index >= 15 is 0 Å². The molecule has 6 heteroatoms. The first kappa shape index (κ1) is 11.6. The van der Waals surface area contributed by atoms with Gasteiger partial charge in [-0.3, -0.25) is 14.5 Å². The molecule has 84 valence electrons. The molecule has 0 spiro atoms. The highest BCUT2D eigenvalue weighted by Crippen LogP contribution is 2.37. The maximum atomic E-state index is 11.9. The summed E-state index contributed by atoms with van der Waals surface area (Å²) in [7, 11) is 0. The monoisotopic (exact) mass is 346 g/mol. The smallest absolute Gasteiger partial charge is 0.263 e. The lowest BCUT2D eigenvalue weighted by Gasteiger charge is -2.09. The first-order chi connectivity index (χ1) is 7.49. The number of carbonyl (C=O) groups is 2. The molecule has 1 aliphatic rings. The number of hydrogen-bond acceptors (Lipinski definition) is 3. The number of amides is 2. The standard InChI is InChI=1S/C10H8Br2N2O2/c1-2-14-9(15)6-4(11)3-5(12)8(13)7(6)10(14)16/h3H,2,13H2,1H3. The quantitative estimate of drug-likeness (QED) is 0.626. The Kier molecular flexibility index (Phi) is 2.79. The summed E-state index contributed by atoms with van der Waals surface area (Å²) in [5.74, 6) is -0.629. The predicted molar refractivity (Wildman–Crippen MR) is 67.3 cm³/mol. The van der Waals surface area contributed by atoms with Crippen molar-refractivity contribution in [1.82, 2.24) is 4.90 Å². The molecule has 1 aromatic rings. The summed E-state index contributed by atoms with van der Waals surface area (Å²) in [5, 5.41) is 0. The average molecular weight is 348 g/mol. The van der Waals surface area contributed by atoms with Crippen LogP contribution in [0.5, 0.6) is 0 Å². The molecule has 4 nitrogen and oxygen atoms in total. The van der Waals surface area contributed by atoms with Crippen LogP contribution in [0.4, 0.5) is 5.69 Å². The summed E-state index contributed by atoms with van der Waals surface area (Å²) in [6.45, 7) is 2.09. The Labute approximate surface area is 109 Å². The zero-order chi connectivity index (χ0) is 12.0. The van der Waals surface area contributed by atoms with Crippen molar-refractivity contribution in [3.63, 3.8) is 0 Å². The number of carbonyl (C=O) groups excluding carboxylic acids is 2. The van der Waals surface area contributed by atoms with E-state index in [1.54, 1.807) is 13.0 Å². The van der Waals surface area contributed by atoms with Crippen LogP contribution in [0.3, 0.4) is 0 Å². The summed E-state index contributed by atoms with van der Waals surface area (Å²) in [5.41, 5.74) is 6.76. The third kappa shape index (κ3) is 1.40. The highest BCUT2D eigenvalue weighted by molar-refractivity contribution is 9.11. The molecule has 2 N–H and O–H groups in total. The van der Waals surface area contributed by atoms with E-state index < -0.39 is 0 Å². The minimum atomic E-state index is -0.331. The second-order valence-electron chi connectivity index (χ2n) is 3.36. The van der Waals surface area contributed by atoms with Crippen LogP contribution in [0, 0.1) is 0 Å². The van der Waals surface area contributed by atoms with Gasteiger partial charge in [0.2, 0.25) is 0 Å². The molecular weight excluding hydrogens is 340 g/mol. The van der Waals surface area contributed by atoms with E-state index in [2.05, 4.69) is 31.9 Å². The Balaban J connectivity index is 2.77. The second kappa shape index (κ2) is 3.85. The fourth-order valence-corrected chi connectivity index (χ4v) is 3.05. The van der Waals surface area contributed by atoms with E-state index in [4.69, 9.17) is 5.73 Å². The van der Waals surface area contributed by atoms with Gasteiger partial charge in [0, 0.05) is 15.5 Å². The summed E-state index contributed by atoms with van der Waals surface area (Å²) in [6, 6.07) is 1.68. The molecule has 0 saturated carbocycles. The summed E-state index contributed by atoms with van der Waals surface area (Å²) >= 11 is 6.52. The SMILES string of the molecule is CCN1C(=O)c2c(Br)cc(Br)c(N)c2C1=O. The molecule has 2 rings (SSSR count). The fraction of sp³-hybridized carbons (Fsp3) is 0.200. The number of nitrogen functional groups attached to an aromatic ring is 1. The fourth-order valence-electron chi connectivity index (χ4n) is 1.72. The van der Waals surface area contributed by atoms with E-state index in [0.29, 0.717) is 26.7 Å². The van der Waals surface area contributed by atoms with Crippen LogP contribution in [0.1, 0.15) is 27.6 Å². The largest absolute Gasteiger partial charge is 0.397 e. The predicted octanol–water partition coefficient (Wildman–Crippen LogP) is 2.41. The molecule has 0 aliphatic carbocycles. The Morgan fingerprint density at radius 1 is 1.19 bits per heavy atom. The van der Waals surface area contributed by atoms with Crippen molar-refractivity contribution in [3.8, 4) is 0 Å². The minimum Gasteiger partial charge on any atom is -0.397 e. The third-order valence-corrected chi connectivity index (χ3v) is 3.78. The van der Waals surface area contributed by atoms with Crippen LogP contribution in [-0.4, -0.2) is 23.3 Å². The molecule has 0 aromatic heterocycles. The first-order valence-corrected chi connectivity index (χ1v) is 6.21. The Bertz CT molecular complexity index is 514. The van der Waals surface area contributed by atoms with Crippen LogP contribution in [-0.2, 0) is 0 Å². The number of nitrogens with zero attached hydrogens (tertiary/aromatic N) is 1. The Hall–Kier alpha value is -0.880. The molecule has 0 saturated heterocycles. The van der Waals surface area contributed by atoms with Gasteiger partial charge in [0.05, 0.1) is 16.8 Å². The van der Waals surface area contributed by atoms with Gasteiger partial charge in [-0.1, -0.05) is 0 Å². The molecule has 0 bridgehead atoms. The molecular formula is C10H8Br2N2O2. The maximum Gasteiger partial charge on any atom is 0.263 e. The van der Waals surface area contributed by atoms with Crippen LogP contribution in [0.2, 0.25) is 0 Å². The molecule has 1 aliphatic heterocycles. The van der Waals surface area contributed by atoms with Crippen LogP contribution in [0.25, 0.3) is 0 Å². The van der Waals surface area contributed by atoms with Crippen molar-refractivity contribution in [2.45, 2.75) is 6.92 Å². The Morgan fingerprint density at radius 2 is 1.75 bits per heavy atom. The highest BCUT2D eigenvalue weighted by Gasteiger charge is 2.38. The number of imide groups is 1. The number of anilines is 1. The van der Waals surface area contributed by atoms with E-state index in [-0.39, 0.29) is 17.4 Å². The van der Waals surface area contributed by atoms with Gasteiger partial charge in [0.15, 0.2) is 0 Å². The van der Waals surface area contributed by atoms with Crippen LogP contribution in [0.15, 0.2) is 15.0 Å². The Morgan fingerprint density at radius 3 is 2.31 bits per heavy atom. The van der Waals surface area contributed by atoms with Gasteiger partial charge >= 0.3 is 0 Å². The van der Waals surface area contributed by atoms with Gasteiger partial charge in [-0.15, -0.1) is 0 Å². The van der Waals surface area contributed by atoms with Crippen molar-refractivity contribution >= 4 is 49.4 Å². The van der Waals surface area contributed by atoms with Crippen molar-refractivity contribution in [2.75, 3.05) is 12.3 Å². The van der Waals surface area contributed by atoms with Gasteiger partial charge in [0.1, 0.15) is 0 Å². The van der Waals surface area contributed by atoms with Crippen molar-refractivity contribution in [3.05, 3.63) is 26.1 Å². The van der Waals surface area contributed by atoms with Crippen molar-refractivity contribution in [2.24, 2.45) is 0 Å². The average Bonchev–Trinajstić information content (AvgIpc) is 2.47. The lowest BCUT2D eigenvalue weighted by atomic mass is 10.1. The lowest BCUT2D eigenvalue weighted by molar-refractivity contribution is 0.0663. The van der Waals surface area contributed by atoms with E-state index in [1.165, 1.54) is 4.90 Å². The summed E-state index contributed by atoms with van der Waals surface area (Å²) in [4.78, 5) is 25.1. The summed E-state index contributed by atoms with van der Waals surface area (Å²) in [6.07, 6.45) is 0. The topological polar surface area (TPSA) is 63.4 Å². The van der Waals surface area contributed by atoms with Gasteiger partial charge in [-0.25, -0.2) is 0 Å². The highest BCUT2D eigenvalue weighted by atomic mass is 79.9. The molecule has 0 atom stereocenters. The van der Waals surface area contributed by atoms with Crippen molar-refractivity contribution in [1.29, 1.82) is 0 Å². The van der Waals surface area contributed by atoms with Crippen molar-refractivity contribution < 1.29 is 9.59 Å². The number of halogens is 2. The third-order valence-electron chi connectivity index (χ3n) is 2.50.